The predicted octanol–water partition coefficient (Wildman–Crippen LogP) is 4.04. The predicted molar refractivity (Wildman–Crippen MR) is 126 cm³/mol. The third-order valence-electron chi connectivity index (χ3n) is 5.55. The van der Waals surface area contributed by atoms with Crippen molar-refractivity contribution in [3.05, 3.63) is 62.9 Å². The van der Waals surface area contributed by atoms with E-state index in [4.69, 9.17) is 0 Å². The van der Waals surface area contributed by atoms with Crippen LogP contribution in [0.4, 0.5) is 5.69 Å². The van der Waals surface area contributed by atoms with Crippen LogP contribution in [-0.4, -0.2) is 40.3 Å². The lowest BCUT2D eigenvalue weighted by atomic mass is 10.2. The molecule has 1 aromatic heterocycles. The van der Waals surface area contributed by atoms with Crippen LogP contribution in [0.2, 0.25) is 0 Å². The van der Waals surface area contributed by atoms with E-state index in [-0.39, 0.29) is 21.0 Å². The highest BCUT2D eigenvalue weighted by atomic mass is 32.2. The Bertz CT molecular complexity index is 1360. The maximum absolute atomic E-state index is 13.0. The van der Waals surface area contributed by atoms with Crippen molar-refractivity contribution >= 4 is 38.4 Å². The van der Waals surface area contributed by atoms with Crippen molar-refractivity contribution in [2.24, 2.45) is 0 Å². The van der Waals surface area contributed by atoms with Crippen LogP contribution in [0.15, 0.2) is 62.2 Å². The smallest absolute Gasteiger partial charge is 0.284 e. The normalized spacial score (nSPS) is 15.1. The second-order valence-corrected chi connectivity index (χ2v) is 10.8. The molecule has 11 heteroatoms. The number of nitro benzene ring substituents is 1. The molecule has 0 atom stereocenters. The number of nitrogens with zero attached hydrogens (tertiary/aromatic N) is 4. The Labute approximate surface area is 195 Å². The van der Waals surface area contributed by atoms with Gasteiger partial charge in [-0.3, -0.25) is 19.5 Å². The molecular weight excluding hydrogens is 464 g/mol. The number of hydrogen-bond acceptors (Lipinski definition) is 7. The van der Waals surface area contributed by atoms with Crippen LogP contribution in [0.25, 0.3) is 10.9 Å². The summed E-state index contributed by atoms with van der Waals surface area (Å²) in [5.74, 6) is 0. The van der Waals surface area contributed by atoms with Crippen LogP contribution < -0.4 is 5.56 Å². The van der Waals surface area contributed by atoms with Crippen molar-refractivity contribution in [3.8, 4) is 0 Å². The number of benzene rings is 2. The number of fused-ring (bicyclic) bond motifs is 1. The fraction of sp³-hybridized carbons (Fsp3) is 0.364. The molecule has 1 aliphatic rings. The van der Waals surface area contributed by atoms with Gasteiger partial charge in [0.2, 0.25) is 10.0 Å². The van der Waals surface area contributed by atoms with E-state index in [1.807, 2.05) is 6.92 Å². The van der Waals surface area contributed by atoms with Crippen molar-refractivity contribution in [1.29, 1.82) is 0 Å². The van der Waals surface area contributed by atoms with E-state index in [1.54, 1.807) is 24.3 Å². The van der Waals surface area contributed by atoms with Crippen molar-refractivity contribution in [2.75, 3.05) is 13.1 Å². The average Bonchev–Trinajstić information content (AvgIpc) is 2.82. The number of sulfonamides is 1. The van der Waals surface area contributed by atoms with Crippen LogP contribution in [0.1, 0.15) is 32.6 Å². The first-order valence-electron chi connectivity index (χ1n) is 10.8. The minimum absolute atomic E-state index is 0.0992. The molecule has 2 aromatic carbocycles. The van der Waals surface area contributed by atoms with Gasteiger partial charge < -0.3 is 0 Å². The van der Waals surface area contributed by atoms with Gasteiger partial charge in [-0.2, -0.15) is 4.31 Å². The first-order valence-corrected chi connectivity index (χ1v) is 13.0. The van der Waals surface area contributed by atoms with E-state index < -0.39 is 14.9 Å². The van der Waals surface area contributed by atoms with Gasteiger partial charge in [0.15, 0.2) is 5.16 Å². The molecular formula is C22H24N4O5S2. The number of piperidine rings is 1. The Kier molecular flexibility index (Phi) is 6.82. The molecule has 2 heterocycles. The number of para-hydroxylation sites is 1. The molecule has 174 valence electrons. The number of hydrogen-bond donors (Lipinski definition) is 0. The second kappa shape index (κ2) is 9.62. The molecule has 0 amide bonds. The summed E-state index contributed by atoms with van der Waals surface area (Å²) in [6.45, 7) is 3.17. The number of nitro groups is 1. The molecule has 9 nitrogen and oxygen atoms in total. The van der Waals surface area contributed by atoms with E-state index in [2.05, 4.69) is 4.98 Å². The third-order valence-corrected chi connectivity index (χ3v) is 8.51. The third kappa shape index (κ3) is 4.66. The first kappa shape index (κ1) is 23.4. The van der Waals surface area contributed by atoms with Crippen molar-refractivity contribution < 1.29 is 13.3 Å². The first-order chi connectivity index (χ1) is 15.8. The molecule has 0 unspecified atom stereocenters. The van der Waals surface area contributed by atoms with E-state index in [1.165, 1.54) is 21.0 Å². The van der Waals surface area contributed by atoms with Gasteiger partial charge in [0, 0.05) is 25.7 Å². The monoisotopic (exact) mass is 488 g/mol. The molecule has 0 spiro atoms. The number of aromatic nitrogens is 2. The fourth-order valence-corrected chi connectivity index (χ4v) is 6.42. The van der Waals surface area contributed by atoms with E-state index in [0.717, 1.165) is 37.1 Å². The zero-order valence-corrected chi connectivity index (χ0v) is 19.8. The Morgan fingerprint density at radius 2 is 1.85 bits per heavy atom. The second-order valence-electron chi connectivity index (χ2n) is 7.82. The highest BCUT2D eigenvalue weighted by Crippen LogP contribution is 2.36. The highest BCUT2D eigenvalue weighted by molar-refractivity contribution is 7.99. The summed E-state index contributed by atoms with van der Waals surface area (Å²) in [6.07, 6.45) is 3.21. The minimum Gasteiger partial charge on any atom is -0.287 e. The molecule has 0 saturated carbocycles. The van der Waals surface area contributed by atoms with Crippen molar-refractivity contribution in [2.45, 2.75) is 54.1 Å². The van der Waals surface area contributed by atoms with Gasteiger partial charge in [0.1, 0.15) is 0 Å². The van der Waals surface area contributed by atoms with Gasteiger partial charge in [-0.15, -0.1) is 0 Å². The summed E-state index contributed by atoms with van der Waals surface area (Å²) in [5.41, 5.74) is -0.0373. The van der Waals surface area contributed by atoms with Crippen LogP contribution in [0.5, 0.6) is 0 Å². The summed E-state index contributed by atoms with van der Waals surface area (Å²) in [5, 5.41) is 12.7. The average molecular weight is 489 g/mol. The van der Waals surface area contributed by atoms with Crippen molar-refractivity contribution in [3.63, 3.8) is 0 Å². The molecule has 1 saturated heterocycles. The molecule has 1 fully saturated rings. The summed E-state index contributed by atoms with van der Waals surface area (Å²) in [6, 6.07) is 10.9. The summed E-state index contributed by atoms with van der Waals surface area (Å²) in [4.78, 5) is 29.0. The van der Waals surface area contributed by atoms with Crippen molar-refractivity contribution in [1.82, 2.24) is 13.9 Å². The quantitative estimate of drug-likeness (QED) is 0.280. The summed E-state index contributed by atoms with van der Waals surface area (Å²) in [7, 11) is -3.81. The molecule has 0 aliphatic carbocycles. The number of rotatable bonds is 7. The molecule has 33 heavy (non-hydrogen) atoms. The van der Waals surface area contributed by atoms with Gasteiger partial charge in [-0.25, -0.2) is 13.4 Å². The van der Waals surface area contributed by atoms with Gasteiger partial charge in [-0.1, -0.05) is 25.5 Å². The van der Waals surface area contributed by atoms with Gasteiger partial charge >= 0.3 is 0 Å². The van der Waals surface area contributed by atoms with Gasteiger partial charge in [0.25, 0.3) is 11.2 Å². The highest BCUT2D eigenvalue weighted by Gasteiger charge is 2.29. The van der Waals surface area contributed by atoms with Crippen LogP contribution >= 0.6 is 11.8 Å². The van der Waals surface area contributed by atoms with E-state index in [9.17, 15) is 23.3 Å². The molecule has 0 radical (unpaired) electrons. The maximum Gasteiger partial charge on any atom is 0.284 e. The molecule has 3 aromatic rings. The van der Waals surface area contributed by atoms with Gasteiger partial charge in [-0.05, 0) is 55.3 Å². The lowest BCUT2D eigenvalue weighted by molar-refractivity contribution is -0.388. The topological polar surface area (TPSA) is 115 Å². The Morgan fingerprint density at radius 3 is 2.55 bits per heavy atom. The minimum atomic E-state index is -3.81. The molecule has 1 aliphatic heterocycles. The Morgan fingerprint density at radius 1 is 1.12 bits per heavy atom. The molecule has 4 rings (SSSR count). The van der Waals surface area contributed by atoms with E-state index >= 15 is 0 Å². The maximum atomic E-state index is 13.0. The lowest BCUT2D eigenvalue weighted by Gasteiger charge is -2.25. The van der Waals surface area contributed by atoms with Gasteiger partial charge in [0.05, 0.1) is 25.6 Å². The lowest BCUT2D eigenvalue weighted by Crippen LogP contribution is -2.35. The summed E-state index contributed by atoms with van der Waals surface area (Å²) >= 11 is 0.995. The Balaban J connectivity index is 1.77. The SMILES string of the molecule is CCCn1c(Sc2ccc(S(=O)(=O)N3CCCCC3)cc2[N+](=O)[O-])nc2ccccc2c1=O. The van der Waals surface area contributed by atoms with E-state index in [0.29, 0.717) is 42.1 Å². The Hall–Kier alpha value is -2.76. The van der Waals surface area contributed by atoms with Crippen LogP contribution in [-0.2, 0) is 16.6 Å². The zero-order chi connectivity index (χ0) is 23.6. The summed E-state index contributed by atoms with van der Waals surface area (Å²) < 4.78 is 28.9. The van der Waals surface area contributed by atoms with Crippen LogP contribution in [0.3, 0.4) is 0 Å². The zero-order valence-electron chi connectivity index (χ0n) is 18.1. The largest absolute Gasteiger partial charge is 0.287 e. The molecule has 0 bridgehead atoms. The fourth-order valence-electron chi connectivity index (χ4n) is 3.89. The van der Waals surface area contributed by atoms with Crippen LogP contribution in [0, 0.1) is 10.1 Å². The standard InChI is InChI=1S/C22H24N4O5S2/c1-2-12-25-21(27)17-8-4-5-9-18(17)23-22(25)32-20-11-10-16(15-19(20)26(28)29)33(30,31)24-13-6-3-7-14-24/h4-5,8-11,15H,2-3,6-7,12-14H2,1H3. The molecule has 0 N–H and O–H groups in total.